The molecule has 1 saturated heterocycles. The van der Waals surface area contributed by atoms with Gasteiger partial charge in [0.15, 0.2) is 5.82 Å². The minimum Gasteiger partial charge on any atom is -0.355 e. The lowest BCUT2D eigenvalue weighted by molar-refractivity contribution is -0.117. The third-order valence-corrected chi connectivity index (χ3v) is 4.95. The number of anilines is 2. The second-order valence-corrected chi connectivity index (χ2v) is 7.06. The van der Waals surface area contributed by atoms with Gasteiger partial charge in [-0.2, -0.15) is 5.10 Å². The van der Waals surface area contributed by atoms with Gasteiger partial charge in [0.25, 0.3) is 5.56 Å². The summed E-state index contributed by atoms with van der Waals surface area (Å²) >= 11 is 0. The highest BCUT2D eigenvalue weighted by molar-refractivity contribution is 5.93. The highest BCUT2D eigenvalue weighted by Gasteiger charge is 2.20. The lowest BCUT2D eigenvalue weighted by atomic mass is 10.2. The van der Waals surface area contributed by atoms with E-state index in [1.165, 1.54) is 12.1 Å². The Hall–Kier alpha value is -3.22. The summed E-state index contributed by atoms with van der Waals surface area (Å²) < 4.78 is 15.2. The number of hydrogen-bond acceptors (Lipinski definition) is 4. The van der Waals surface area contributed by atoms with Gasteiger partial charge in [-0.1, -0.05) is 24.3 Å². The van der Waals surface area contributed by atoms with Crippen molar-refractivity contribution in [2.45, 2.75) is 26.3 Å². The average molecular weight is 380 g/mol. The average Bonchev–Trinajstić information content (AvgIpc) is 3.21. The molecule has 144 valence electrons. The van der Waals surface area contributed by atoms with E-state index in [0.717, 1.165) is 41.6 Å². The number of nitrogens with one attached hydrogen (secondary N) is 1. The molecule has 0 saturated carbocycles. The first-order valence-electron chi connectivity index (χ1n) is 9.34. The van der Waals surface area contributed by atoms with Crippen LogP contribution in [0.3, 0.4) is 0 Å². The molecule has 7 heteroatoms. The van der Waals surface area contributed by atoms with Crippen LogP contribution in [0, 0.1) is 12.7 Å². The number of rotatable bonds is 4. The first-order valence-corrected chi connectivity index (χ1v) is 9.34. The Morgan fingerprint density at radius 1 is 1.14 bits per heavy atom. The van der Waals surface area contributed by atoms with Crippen LogP contribution in [0.5, 0.6) is 0 Å². The predicted octanol–water partition coefficient (Wildman–Crippen LogP) is 3.08. The third-order valence-electron chi connectivity index (χ3n) is 4.95. The number of halogens is 1. The molecule has 0 bridgehead atoms. The van der Waals surface area contributed by atoms with Gasteiger partial charge in [0.05, 0.1) is 11.1 Å². The van der Waals surface area contributed by atoms with Gasteiger partial charge in [-0.05, 0) is 43.5 Å². The number of aromatic nitrogens is 2. The van der Waals surface area contributed by atoms with E-state index in [2.05, 4.69) is 15.3 Å². The van der Waals surface area contributed by atoms with E-state index in [4.69, 9.17) is 0 Å². The topological polar surface area (TPSA) is 67.2 Å². The molecule has 0 atom stereocenters. The van der Waals surface area contributed by atoms with Crippen molar-refractivity contribution >= 4 is 28.2 Å². The van der Waals surface area contributed by atoms with E-state index in [1.54, 1.807) is 25.1 Å². The predicted molar refractivity (Wildman–Crippen MR) is 107 cm³/mol. The van der Waals surface area contributed by atoms with E-state index in [1.807, 2.05) is 12.1 Å². The number of nitrogens with zero attached hydrogens (tertiary/aromatic N) is 3. The smallest absolute Gasteiger partial charge is 0.275 e. The zero-order chi connectivity index (χ0) is 19.7. The number of amides is 1. The molecular weight excluding hydrogens is 359 g/mol. The molecule has 0 unspecified atom stereocenters. The van der Waals surface area contributed by atoms with Crippen LogP contribution in [-0.2, 0) is 11.3 Å². The van der Waals surface area contributed by atoms with E-state index < -0.39 is 11.7 Å². The molecule has 1 amide bonds. The fourth-order valence-corrected chi connectivity index (χ4v) is 3.53. The van der Waals surface area contributed by atoms with Crippen LogP contribution in [-0.4, -0.2) is 28.8 Å². The minimum atomic E-state index is -0.509. The summed E-state index contributed by atoms with van der Waals surface area (Å²) in [5, 5.41) is 8.31. The molecule has 1 aliphatic rings. The van der Waals surface area contributed by atoms with Crippen molar-refractivity contribution in [2.75, 3.05) is 23.3 Å². The van der Waals surface area contributed by atoms with Crippen molar-refractivity contribution < 1.29 is 9.18 Å². The Morgan fingerprint density at radius 3 is 2.57 bits per heavy atom. The van der Waals surface area contributed by atoms with E-state index in [0.29, 0.717) is 11.2 Å². The van der Waals surface area contributed by atoms with E-state index in [-0.39, 0.29) is 17.8 Å². The summed E-state index contributed by atoms with van der Waals surface area (Å²) in [5.74, 6) is -0.299. The number of hydrogen-bond donors (Lipinski definition) is 1. The maximum atomic E-state index is 14.0. The van der Waals surface area contributed by atoms with Crippen LogP contribution >= 0.6 is 0 Å². The molecule has 4 rings (SSSR count). The fraction of sp³-hybridized carbons (Fsp3) is 0.286. The van der Waals surface area contributed by atoms with E-state index in [9.17, 15) is 14.0 Å². The first-order chi connectivity index (χ1) is 13.5. The summed E-state index contributed by atoms with van der Waals surface area (Å²) in [6.45, 7) is 3.23. The van der Waals surface area contributed by atoms with Gasteiger partial charge in [0.1, 0.15) is 12.4 Å². The largest absolute Gasteiger partial charge is 0.355 e. The van der Waals surface area contributed by atoms with Crippen LogP contribution in [0.15, 0.2) is 47.3 Å². The molecule has 0 radical (unpaired) electrons. The molecule has 1 aliphatic heterocycles. The maximum absolute atomic E-state index is 14.0. The second kappa shape index (κ2) is 7.42. The Labute approximate surface area is 161 Å². The van der Waals surface area contributed by atoms with Gasteiger partial charge in [-0.25, -0.2) is 9.07 Å². The van der Waals surface area contributed by atoms with Crippen molar-refractivity contribution in [3.05, 3.63) is 64.2 Å². The lowest BCUT2D eigenvalue weighted by Crippen LogP contribution is -2.32. The summed E-state index contributed by atoms with van der Waals surface area (Å²) in [4.78, 5) is 27.4. The molecule has 0 aliphatic carbocycles. The van der Waals surface area contributed by atoms with Crippen molar-refractivity contribution in [3.8, 4) is 0 Å². The first kappa shape index (κ1) is 18.2. The van der Waals surface area contributed by atoms with Gasteiger partial charge in [-0.15, -0.1) is 0 Å². The monoisotopic (exact) mass is 380 g/mol. The summed E-state index contributed by atoms with van der Waals surface area (Å²) in [6, 6.07) is 11.9. The second-order valence-electron chi connectivity index (χ2n) is 7.06. The normalized spacial score (nSPS) is 13.9. The molecular formula is C21H21FN4O2. The number of fused-ring (bicyclic) bond motifs is 1. The summed E-state index contributed by atoms with van der Waals surface area (Å²) in [6.07, 6.45) is 2.14. The molecule has 1 N–H and O–H groups in total. The Bertz CT molecular complexity index is 1100. The third kappa shape index (κ3) is 3.47. The quantitative estimate of drug-likeness (QED) is 0.755. The van der Waals surface area contributed by atoms with Gasteiger partial charge in [0, 0.05) is 18.5 Å². The van der Waals surface area contributed by atoms with Crippen LogP contribution in [0.1, 0.15) is 18.4 Å². The highest BCUT2D eigenvalue weighted by atomic mass is 19.1. The number of carbonyl (C=O) groups excluding carboxylic acids is 1. The Balaban J connectivity index is 1.67. The molecule has 2 heterocycles. The minimum absolute atomic E-state index is 0.0872. The maximum Gasteiger partial charge on any atom is 0.275 e. The van der Waals surface area contributed by atoms with Gasteiger partial charge in [-0.3, -0.25) is 9.59 Å². The van der Waals surface area contributed by atoms with Crippen molar-refractivity contribution in [1.82, 2.24) is 9.78 Å². The lowest BCUT2D eigenvalue weighted by Gasteiger charge is -2.19. The Morgan fingerprint density at radius 2 is 1.86 bits per heavy atom. The standard InChI is InChI=1S/C21H21FN4O2/c1-14-8-9-18(17(22)12-14)23-19(27)13-26-21(28)16-7-3-2-6-15(16)20(24-26)25-10-4-5-11-25/h2-3,6-9,12H,4-5,10-11,13H2,1H3,(H,23,27). The molecule has 2 aromatic carbocycles. The van der Waals surface area contributed by atoms with Gasteiger partial charge < -0.3 is 10.2 Å². The van der Waals surface area contributed by atoms with E-state index >= 15 is 0 Å². The van der Waals surface area contributed by atoms with Crippen molar-refractivity contribution in [3.63, 3.8) is 0 Å². The van der Waals surface area contributed by atoms with Gasteiger partial charge >= 0.3 is 0 Å². The molecule has 1 aromatic heterocycles. The number of aryl methyl sites for hydroxylation is 1. The number of benzene rings is 2. The van der Waals surface area contributed by atoms with Crippen LogP contribution in [0.25, 0.3) is 10.8 Å². The zero-order valence-corrected chi connectivity index (χ0v) is 15.6. The van der Waals surface area contributed by atoms with Crippen molar-refractivity contribution in [1.29, 1.82) is 0 Å². The van der Waals surface area contributed by atoms with Crippen LogP contribution in [0.2, 0.25) is 0 Å². The summed E-state index contributed by atoms with van der Waals surface area (Å²) in [7, 11) is 0. The zero-order valence-electron chi connectivity index (χ0n) is 15.6. The van der Waals surface area contributed by atoms with Gasteiger partial charge in [0.2, 0.25) is 5.91 Å². The SMILES string of the molecule is Cc1ccc(NC(=O)Cn2nc(N3CCCC3)c3ccccc3c2=O)c(F)c1. The van der Waals surface area contributed by atoms with Crippen LogP contribution < -0.4 is 15.8 Å². The van der Waals surface area contributed by atoms with Crippen LogP contribution in [0.4, 0.5) is 15.9 Å². The molecule has 3 aromatic rings. The van der Waals surface area contributed by atoms with Crippen molar-refractivity contribution in [2.24, 2.45) is 0 Å². The molecule has 28 heavy (non-hydrogen) atoms. The molecule has 1 fully saturated rings. The molecule has 6 nitrogen and oxygen atoms in total. The number of carbonyl (C=O) groups is 1. The highest BCUT2D eigenvalue weighted by Crippen LogP contribution is 2.25. The summed E-state index contributed by atoms with van der Waals surface area (Å²) in [5.41, 5.74) is 0.514. The fourth-order valence-electron chi connectivity index (χ4n) is 3.53. The Kier molecular flexibility index (Phi) is 4.81. The molecule has 0 spiro atoms.